The smallest absolute Gasteiger partial charge is 0.226 e. The molecule has 158 valence electrons. The fourth-order valence-corrected chi connectivity index (χ4v) is 3.67. The first-order valence-corrected chi connectivity index (χ1v) is 10.1. The Morgan fingerprint density at radius 3 is 2.37 bits per heavy atom. The van der Waals surface area contributed by atoms with E-state index in [-0.39, 0.29) is 5.91 Å². The largest absolute Gasteiger partial charge is 0.497 e. The zero-order chi connectivity index (χ0) is 21.5. The Hall–Kier alpha value is -3.26. The second-order valence-electron chi connectivity index (χ2n) is 6.34. The zero-order valence-corrected chi connectivity index (χ0v) is 18.2. The van der Waals surface area contributed by atoms with Crippen LogP contribution in [-0.2, 0) is 11.2 Å². The van der Waals surface area contributed by atoms with Gasteiger partial charge in [-0.1, -0.05) is 6.07 Å². The van der Waals surface area contributed by atoms with Crippen molar-refractivity contribution in [2.45, 2.75) is 12.8 Å². The van der Waals surface area contributed by atoms with Gasteiger partial charge in [0.1, 0.15) is 11.5 Å². The maximum Gasteiger partial charge on any atom is 0.226 e. The van der Waals surface area contributed by atoms with E-state index in [2.05, 4.69) is 10.3 Å². The molecule has 0 saturated heterocycles. The van der Waals surface area contributed by atoms with Gasteiger partial charge in [-0.15, -0.1) is 11.3 Å². The lowest BCUT2D eigenvalue weighted by Gasteiger charge is -2.09. The van der Waals surface area contributed by atoms with Crippen molar-refractivity contribution < 1.29 is 23.7 Å². The van der Waals surface area contributed by atoms with E-state index in [4.69, 9.17) is 18.9 Å². The number of nitrogens with zero attached hydrogens (tertiary/aromatic N) is 1. The Morgan fingerprint density at radius 2 is 1.67 bits per heavy atom. The van der Waals surface area contributed by atoms with Crippen LogP contribution >= 0.6 is 11.3 Å². The number of rotatable bonds is 9. The highest BCUT2D eigenvalue weighted by Gasteiger charge is 2.13. The van der Waals surface area contributed by atoms with Gasteiger partial charge in [0, 0.05) is 17.4 Å². The normalized spacial score (nSPS) is 10.4. The number of aryl methyl sites for hydroxylation is 1. The monoisotopic (exact) mass is 428 g/mol. The lowest BCUT2D eigenvalue weighted by molar-refractivity contribution is -0.116. The molecule has 0 aliphatic rings. The van der Waals surface area contributed by atoms with Gasteiger partial charge in [0.05, 0.1) is 34.1 Å². The second kappa shape index (κ2) is 9.98. The predicted molar refractivity (Wildman–Crippen MR) is 117 cm³/mol. The van der Waals surface area contributed by atoms with Crippen LogP contribution in [0, 0.1) is 0 Å². The van der Waals surface area contributed by atoms with Crippen LogP contribution in [0.5, 0.6) is 23.0 Å². The highest BCUT2D eigenvalue weighted by Crippen LogP contribution is 2.35. The number of amides is 1. The van der Waals surface area contributed by atoms with E-state index in [1.807, 2.05) is 41.8 Å². The Balaban J connectivity index is 1.64. The van der Waals surface area contributed by atoms with E-state index in [0.717, 1.165) is 11.1 Å². The molecule has 1 N–H and O–H groups in total. The second-order valence-corrected chi connectivity index (χ2v) is 7.20. The van der Waals surface area contributed by atoms with Crippen LogP contribution in [0.2, 0.25) is 0 Å². The van der Waals surface area contributed by atoms with Crippen LogP contribution < -0.4 is 24.3 Å². The van der Waals surface area contributed by atoms with Crippen LogP contribution in [0.15, 0.2) is 41.8 Å². The third kappa shape index (κ3) is 5.01. The number of hydrogen-bond acceptors (Lipinski definition) is 7. The molecule has 0 bridgehead atoms. The maximum atomic E-state index is 12.4. The molecule has 0 aliphatic heterocycles. The number of carbonyl (C=O) groups is 1. The fourth-order valence-electron chi connectivity index (χ4n) is 2.94. The molecule has 1 amide bonds. The van der Waals surface area contributed by atoms with Crippen LogP contribution in [0.4, 0.5) is 5.13 Å². The Labute approximate surface area is 179 Å². The van der Waals surface area contributed by atoms with E-state index < -0.39 is 0 Å². The van der Waals surface area contributed by atoms with Crippen molar-refractivity contribution in [1.82, 2.24) is 4.98 Å². The average molecular weight is 429 g/mol. The van der Waals surface area contributed by atoms with Gasteiger partial charge in [-0.2, -0.15) is 0 Å². The summed E-state index contributed by atoms with van der Waals surface area (Å²) >= 11 is 1.36. The summed E-state index contributed by atoms with van der Waals surface area (Å²) < 4.78 is 21.2. The van der Waals surface area contributed by atoms with E-state index >= 15 is 0 Å². The number of methoxy groups -OCH3 is 4. The third-order valence-electron chi connectivity index (χ3n) is 4.52. The fraction of sp³-hybridized carbons (Fsp3) is 0.273. The van der Waals surface area contributed by atoms with Crippen molar-refractivity contribution >= 4 is 22.4 Å². The first kappa shape index (κ1) is 21.4. The number of aromatic nitrogens is 1. The SMILES string of the molecule is COc1ccc(OC)c(-c2csc(NC(=O)CCc3ccc(OC)c(OC)c3)n2)c1. The number of benzene rings is 2. The van der Waals surface area contributed by atoms with Gasteiger partial charge >= 0.3 is 0 Å². The molecule has 1 aromatic heterocycles. The summed E-state index contributed by atoms with van der Waals surface area (Å²) in [6.45, 7) is 0. The topological polar surface area (TPSA) is 78.9 Å². The van der Waals surface area contributed by atoms with Gasteiger partial charge in [-0.3, -0.25) is 4.79 Å². The highest BCUT2D eigenvalue weighted by molar-refractivity contribution is 7.14. The number of hydrogen-bond donors (Lipinski definition) is 1. The number of thiazole rings is 1. The van der Waals surface area contributed by atoms with Gasteiger partial charge in [0.15, 0.2) is 16.6 Å². The zero-order valence-electron chi connectivity index (χ0n) is 17.4. The Bertz CT molecular complexity index is 1020. The summed E-state index contributed by atoms with van der Waals surface area (Å²) in [5.41, 5.74) is 2.51. The number of nitrogens with one attached hydrogen (secondary N) is 1. The van der Waals surface area contributed by atoms with Crippen molar-refractivity contribution in [3.8, 4) is 34.3 Å². The molecule has 0 spiro atoms. The van der Waals surface area contributed by atoms with Crippen molar-refractivity contribution in [2.75, 3.05) is 33.8 Å². The van der Waals surface area contributed by atoms with Crippen molar-refractivity contribution in [3.05, 3.63) is 47.3 Å². The lowest BCUT2D eigenvalue weighted by Crippen LogP contribution is -2.12. The first-order valence-electron chi connectivity index (χ1n) is 9.26. The molecule has 1 heterocycles. The average Bonchev–Trinajstić information content (AvgIpc) is 3.25. The minimum atomic E-state index is -0.108. The molecule has 3 rings (SSSR count). The molecule has 30 heavy (non-hydrogen) atoms. The molecule has 2 aromatic carbocycles. The van der Waals surface area contributed by atoms with E-state index in [1.54, 1.807) is 28.4 Å². The number of ether oxygens (including phenoxy) is 4. The van der Waals surface area contributed by atoms with E-state index in [0.29, 0.717) is 46.7 Å². The molecule has 0 radical (unpaired) electrons. The van der Waals surface area contributed by atoms with Crippen molar-refractivity contribution in [2.24, 2.45) is 0 Å². The van der Waals surface area contributed by atoms with Crippen LogP contribution in [0.25, 0.3) is 11.3 Å². The van der Waals surface area contributed by atoms with Gasteiger partial charge in [0.2, 0.25) is 5.91 Å². The van der Waals surface area contributed by atoms with Crippen molar-refractivity contribution in [3.63, 3.8) is 0 Å². The van der Waals surface area contributed by atoms with Gasteiger partial charge < -0.3 is 24.3 Å². The summed E-state index contributed by atoms with van der Waals surface area (Å²) in [6, 6.07) is 11.1. The van der Waals surface area contributed by atoms with Gasteiger partial charge in [-0.05, 0) is 42.3 Å². The molecular weight excluding hydrogens is 404 g/mol. The predicted octanol–water partition coefficient (Wildman–Crippen LogP) is 4.42. The molecule has 3 aromatic rings. The molecule has 0 atom stereocenters. The minimum absolute atomic E-state index is 0.108. The van der Waals surface area contributed by atoms with E-state index in [1.165, 1.54) is 11.3 Å². The van der Waals surface area contributed by atoms with Crippen LogP contribution in [-0.4, -0.2) is 39.3 Å². The summed E-state index contributed by atoms with van der Waals surface area (Å²) in [5, 5.41) is 5.27. The Morgan fingerprint density at radius 1 is 0.933 bits per heavy atom. The van der Waals surface area contributed by atoms with Crippen molar-refractivity contribution in [1.29, 1.82) is 0 Å². The van der Waals surface area contributed by atoms with Gasteiger partial charge in [-0.25, -0.2) is 4.98 Å². The third-order valence-corrected chi connectivity index (χ3v) is 5.28. The summed E-state index contributed by atoms with van der Waals surface area (Å²) in [5.74, 6) is 2.59. The molecule has 0 fully saturated rings. The standard InChI is InChI=1S/C22H24N2O5S/c1-26-15-7-9-18(27-2)16(12-15)17-13-30-22(23-17)24-21(25)10-6-14-5-8-19(28-3)20(11-14)29-4/h5,7-9,11-13H,6,10H2,1-4H3,(H,23,24,25). The Kier molecular flexibility index (Phi) is 7.13. The molecular formula is C22H24N2O5S. The quantitative estimate of drug-likeness (QED) is 0.544. The summed E-state index contributed by atoms with van der Waals surface area (Å²) in [7, 11) is 6.39. The first-order chi connectivity index (χ1) is 14.6. The summed E-state index contributed by atoms with van der Waals surface area (Å²) in [4.78, 5) is 16.9. The van der Waals surface area contributed by atoms with Crippen LogP contribution in [0.1, 0.15) is 12.0 Å². The summed E-state index contributed by atoms with van der Waals surface area (Å²) in [6.07, 6.45) is 0.904. The number of anilines is 1. The minimum Gasteiger partial charge on any atom is -0.497 e. The number of carbonyl (C=O) groups excluding carboxylic acids is 1. The molecule has 0 unspecified atom stereocenters. The van der Waals surface area contributed by atoms with E-state index in [9.17, 15) is 4.79 Å². The molecule has 0 aliphatic carbocycles. The molecule has 8 heteroatoms. The molecule has 7 nitrogen and oxygen atoms in total. The molecule has 0 saturated carbocycles. The maximum absolute atomic E-state index is 12.4. The highest BCUT2D eigenvalue weighted by atomic mass is 32.1. The lowest BCUT2D eigenvalue weighted by atomic mass is 10.1. The van der Waals surface area contributed by atoms with Gasteiger partial charge in [0.25, 0.3) is 0 Å². The van der Waals surface area contributed by atoms with Crippen LogP contribution in [0.3, 0.4) is 0 Å².